The van der Waals surface area contributed by atoms with E-state index in [1.807, 2.05) is 0 Å². The first-order valence-corrected chi connectivity index (χ1v) is 11.4. The lowest BCUT2D eigenvalue weighted by atomic mass is 9.87. The molecule has 1 aromatic heterocycles. The predicted octanol–water partition coefficient (Wildman–Crippen LogP) is 4.96. The molecule has 3 atom stereocenters. The Morgan fingerprint density at radius 3 is 3.03 bits per heavy atom. The molecule has 0 saturated carbocycles. The van der Waals surface area contributed by atoms with Crippen molar-refractivity contribution in [1.29, 1.82) is 0 Å². The second kappa shape index (κ2) is 8.89. The van der Waals surface area contributed by atoms with E-state index in [1.54, 1.807) is 23.9 Å². The number of thioether (sulfide) groups is 1. The van der Waals surface area contributed by atoms with Gasteiger partial charge in [0.1, 0.15) is 23.3 Å². The zero-order valence-corrected chi connectivity index (χ0v) is 17.8. The number of aliphatic imine (C=N–C) groups is 1. The van der Waals surface area contributed by atoms with Crippen molar-refractivity contribution in [1.82, 2.24) is 4.98 Å². The molecule has 0 spiro atoms. The molecule has 0 radical (unpaired) electrons. The van der Waals surface area contributed by atoms with Crippen molar-refractivity contribution in [2.45, 2.75) is 31.8 Å². The van der Waals surface area contributed by atoms with E-state index in [9.17, 15) is 8.78 Å². The molecule has 5 nitrogen and oxygen atoms in total. The van der Waals surface area contributed by atoms with Gasteiger partial charge in [0.15, 0.2) is 5.90 Å². The van der Waals surface area contributed by atoms with E-state index in [2.05, 4.69) is 34.5 Å². The maximum Gasteiger partial charge on any atom is 0.190 e. The molecule has 2 aliphatic heterocycles. The van der Waals surface area contributed by atoms with Gasteiger partial charge in [-0.15, -0.1) is 0 Å². The van der Waals surface area contributed by atoms with Gasteiger partial charge < -0.3 is 14.8 Å². The number of anilines is 1. The Bertz CT molecular complexity index is 931. The van der Waals surface area contributed by atoms with Crippen molar-refractivity contribution in [3.8, 4) is 0 Å². The molecule has 1 N–H and O–H groups in total. The quantitative estimate of drug-likeness (QED) is 0.715. The summed E-state index contributed by atoms with van der Waals surface area (Å²) < 4.78 is 40.3. The van der Waals surface area contributed by atoms with E-state index < -0.39 is 17.8 Å². The topological polar surface area (TPSA) is 55.7 Å². The molecule has 4 bridgehead atoms. The van der Waals surface area contributed by atoms with Crippen LogP contribution >= 0.6 is 11.8 Å². The number of nitrogens with zero attached hydrogens (tertiary/aromatic N) is 2. The first kappa shape index (κ1) is 21.1. The molecule has 1 aliphatic carbocycles. The molecule has 8 heteroatoms. The van der Waals surface area contributed by atoms with Crippen LogP contribution in [0.3, 0.4) is 0 Å². The minimum absolute atomic E-state index is 0.116. The van der Waals surface area contributed by atoms with Crippen LogP contribution in [0, 0.1) is 11.2 Å². The standard InChI is InChI=1S/C22H25F2N3O2S/c1-22(13-30-2)10-20-26-19-9-16(17(24)12-25-19)15-5-4-14(23)8-18(15)28-6-3-7-29-21(11-22)27-20/h4-5,8-10,12,15,18H,3,6-7,11,13H2,1-2H3,(H,25,26). The Labute approximate surface area is 179 Å². The summed E-state index contributed by atoms with van der Waals surface area (Å²) in [5.41, 5.74) is 0.285. The summed E-state index contributed by atoms with van der Waals surface area (Å²) in [6.07, 6.45) is 10.4. The molecule has 1 aromatic rings. The largest absolute Gasteiger partial charge is 0.481 e. The number of hydrogen-bond acceptors (Lipinski definition) is 6. The zero-order chi connectivity index (χ0) is 21.1. The average molecular weight is 434 g/mol. The van der Waals surface area contributed by atoms with Crippen LogP contribution in [-0.2, 0) is 9.47 Å². The van der Waals surface area contributed by atoms with Gasteiger partial charge in [-0.2, -0.15) is 11.8 Å². The lowest BCUT2D eigenvalue weighted by Crippen LogP contribution is -2.29. The first-order valence-electron chi connectivity index (χ1n) is 9.97. The Morgan fingerprint density at radius 1 is 1.33 bits per heavy atom. The SMILES string of the molecule is CSCC1(C)C=C2N=C(C1)OCCCOC1C=C(F)C=CC1c1cc(ncc1F)N2. The van der Waals surface area contributed by atoms with Gasteiger partial charge >= 0.3 is 0 Å². The van der Waals surface area contributed by atoms with Crippen LogP contribution in [0.1, 0.15) is 31.2 Å². The van der Waals surface area contributed by atoms with Crippen LogP contribution in [0.5, 0.6) is 0 Å². The number of nitrogens with one attached hydrogen (secondary N) is 1. The van der Waals surface area contributed by atoms with Crippen LogP contribution in [-0.4, -0.2) is 42.2 Å². The van der Waals surface area contributed by atoms with E-state index in [0.29, 0.717) is 49.2 Å². The highest BCUT2D eigenvalue weighted by Gasteiger charge is 2.31. The number of ether oxygens (including phenoxy) is 2. The maximum absolute atomic E-state index is 14.7. The Morgan fingerprint density at radius 2 is 2.20 bits per heavy atom. The maximum atomic E-state index is 14.7. The molecule has 0 saturated heterocycles. The van der Waals surface area contributed by atoms with Gasteiger partial charge in [-0.05, 0) is 30.6 Å². The van der Waals surface area contributed by atoms with Gasteiger partial charge in [-0.25, -0.2) is 18.8 Å². The van der Waals surface area contributed by atoms with Crippen LogP contribution in [0.2, 0.25) is 0 Å². The van der Waals surface area contributed by atoms with E-state index in [-0.39, 0.29) is 11.2 Å². The van der Waals surface area contributed by atoms with Crippen molar-refractivity contribution in [2.24, 2.45) is 10.4 Å². The highest BCUT2D eigenvalue weighted by atomic mass is 32.2. The predicted molar refractivity (Wildman–Crippen MR) is 116 cm³/mol. The summed E-state index contributed by atoms with van der Waals surface area (Å²) >= 11 is 1.76. The van der Waals surface area contributed by atoms with Crippen LogP contribution in [0.15, 0.2) is 53.2 Å². The lowest BCUT2D eigenvalue weighted by molar-refractivity contribution is 0.0626. The van der Waals surface area contributed by atoms with E-state index >= 15 is 0 Å². The molecule has 160 valence electrons. The molecule has 3 unspecified atom stereocenters. The van der Waals surface area contributed by atoms with E-state index in [0.717, 1.165) is 5.75 Å². The monoisotopic (exact) mass is 433 g/mol. The van der Waals surface area contributed by atoms with Crippen molar-refractivity contribution in [2.75, 3.05) is 30.5 Å². The van der Waals surface area contributed by atoms with Gasteiger partial charge in [0.25, 0.3) is 0 Å². The molecule has 3 heterocycles. The third-order valence-electron chi connectivity index (χ3n) is 5.27. The molecule has 0 aromatic carbocycles. The fourth-order valence-electron chi connectivity index (χ4n) is 3.93. The van der Waals surface area contributed by atoms with Gasteiger partial charge in [-0.1, -0.05) is 13.0 Å². The Kier molecular flexibility index (Phi) is 6.24. The summed E-state index contributed by atoms with van der Waals surface area (Å²) in [6.45, 7) is 2.98. The van der Waals surface area contributed by atoms with E-state index in [1.165, 1.54) is 18.3 Å². The van der Waals surface area contributed by atoms with Gasteiger partial charge in [0.2, 0.25) is 0 Å². The summed E-state index contributed by atoms with van der Waals surface area (Å²) in [6, 6.07) is 1.64. The first-order chi connectivity index (χ1) is 14.5. The summed E-state index contributed by atoms with van der Waals surface area (Å²) in [4.78, 5) is 8.78. The number of allylic oxidation sites excluding steroid dienone is 3. The Hall–Kier alpha value is -2.19. The molecule has 0 amide bonds. The smallest absolute Gasteiger partial charge is 0.190 e. The van der Waals surface area contributed by atoms with Crippen molar-refractivity contribution >= 4 is 23.5 Å². The average Bonchev–Trinajstić information content (AvgIpc) is 2.69. The minimum atomic E-state index is -0.594. The summed E-state index contributed by atoms with van der Waals surface area (Å²) in [5.74, 6) is 1.38. The number of rotatable bonds is 2. The molecular formula is C22H25F2N3O2S. The van der Waals surface area contributed by atoms with Crippen LogP contribution in [0.25, 0.3) is 0 Å². The molecule has 4 rings (SSSR count). The van der Waals surface area contributed by atoms with Crippen LogP contribution in [0.4, 0.5) is 14.6 Å². The minimum Gasteiger partial charge on any atom is -0.481 e. The van der Waals surface area contributed by atoms with Crippen LogP contribution < -0.4 is 5.32 Å². The second-order valence-corrected chi connectivity index (χ2v) is 8.85. The molecule has 3 aliphatic rings. The zero-order valence-electron chi connectivity index (χ0n) is 17.0. The highest BCUT2D eigenvalue weighted by molar-refractivity contribution is 7.98. The third kappa shape index (κ3) is 4.75. The van der Waals surface area contributed by atoms with Crippen molar-refractivity contribution in [3.63, 3.8) is 0 Å². The molecule has 0 fully saturated rings. The summed E-state index contributed by atoms with van der Waals surface area (Å²) in [7, 11) is 0. The number of pyridine rings is 1. The Balaban J connectivity index is 1.71. The van der Waals surface area contributed by atoms with Crippen molar-refractivity contribution < 1.29 is 18.3 Å². The number of hydrogen-bond donors (Lipinski definition) is 1. The number of aromatic nitrogens is 1. The lowest BCUT2D eigenvalue weighted by Gasteiger charge is -2.31. The van der Waals surface area contributed by atoms with Gasteiger partial charge in [0, 0.05) is 35.5 Å². The fraction of sp³-hybridized carbons (Fsp3) is 0.455. The second-order valence-electron chi connectivity index (χ2n) is 7.99. The third-order valence-corrected chi connectivity index (χ3v) is 6.22. The molecule has 30 heavy (non-hydrogen) atoms. The van der Waals surface area contributed by atoms with Gasteiger partial charge in [-0.3, -0.25) is 0 Å². The summed E-state index contributed by atoms with van der Waals surface area (Å²) in [5, 5.41) is 3.20. The highest BCUT2D eigenvalue weighted by Crippen LogP contribution is 2.35. The number of halogens is 2. The van der Waals surface area contributed by atoms with Gasteiger partial charge in [0.05, 0.1) is 25.5 Å². The van der Waals surface area contributed by atoms with Crippen molar-refractivity contribution in [3.05, 3.63) is 59.6 Å². The number of fused-ring (bicyclic) bond motifs is 5. The molecular weight excluding hydrogens is 408 g/mol. The normalized spacial score (nSPS) is 28.7. The fourth-order valence-corrected chi connectivity index (χ4v) is 4.78. The van der Waals surface area contributed by atoms with E-state index in [4.69, 9.17) is 9.47 Å².